The van der Waals surface area contributed by atoms with Crippen molar-refractivity contribution in [3.63, 3.8) is 0 Å². The van der Waals surface area contributed by atoms with Crippen molar-refractivity contribution in [3.05, 3.63) is 42.2 Å². The zero-order valence-corrected chi connectivity index (χ0v) is 12.7. The van der Waals surface area contributed by atoms with Crippen LogP contribution in [0.5, 0.6) is 5.75 Å². The number of H-pyrrole nitrogens is 1. The Hall–Kier alpha value is -3.33. The molecule has 1 aromatic carbocycles. The summed E-state index contributed by atoms with van der Waals surface area (Å²) in [5.74, 6) is 0.807. The van der Waals surface area contributed by atoms with E-state index in [2.05, 4.69) is 21.1 Å². The summed E-state index contributed by atoms with van der Waals surface area (Å²) in [6.45, 7) is 0. The minimum absolute atomic E-state index is 0.536. The van der Waals surface area contributed by atoms with E-state index >= 15 is 0 Å². The molecule has 4 rings (SSSR count). The number of aromatic nitrogens is 4. The highest BCUT2D eigenvalue weighted by Gasteiger charge is 2.16. The molecule has 6 nitrogen and oxygen atoms in total. The van der Waals surface area contributed by atoms with Gasteiger partial charge in [-0.1, -0.05) is 0 Å². The molecule has 0 saturated carbocycles. The Labute approximate surface area is 131 Å². The summed E-state index contributed by atoms with van der Waals surface area (Å²) in [5, 5.41) is 14.4. The van der Waals surface area contributed by atoms with Crippen LogP contribution in [0.4, 0.5) is 0 Å². The third kappa shape index (κ3) is 1.87. The van der Waals surface area contributed by atoms with Crippen LogP contribution in [-0.4, -0.2) is 26.9 Å². The number of pyridine rings is 1. The summed E-state index contributed by atoms with van der Waals surface area (Å²) >= 11 is 0. The van der Waals surface area contributed by atoms with Gasteiger partial charge in [-0.3, -0.25) is 9.78 Å². The second kappa shape index (κ2) is 4.85. The highest BCUT2D eigenvalue weighted by atomic mass is 16.5. The Bertz CT molecular complexity index is 1070. The molecule has 0 saturated heterocycles. The number of hydrogen-bond acceptors (Lipinski definition) is 4. The molecule has 0 spiro atoms. The molecule has 23 heavy (non-hydrogen) atoms. The molecule has 0 aliphatic rings. The van der Waals surface area contributed by atoms with Crippen LogP contribution in [0.25, 0.3) is 33.2 Å². The summed E-state index contributed by atoms with van der Waals surface area (Å²) in [6, 6.07) is 10.00. The Morgan fingerprint density at radius 2 is 1.91 bits per heavy atom. The number of methoxy groups -OCH3 is 1. The normalized spacial score (nSPS) is 11.0. The van der Waals surface area contributed by atoms with Crippen LogP contribution < -0.4 is 4.74 Å². The molecule has 6 heteroatoms. The Morgan fingerprint density at radius 1 is 1.17 bits per heavy atom. The van der Waals surface area contributed by atoms with Crippen LogP contribution >= 0.6 is 0 Å². The molecule has 1 N–H and O–H groups in total. The fraction of sp³-hybridized carbons (Fsp3) is 0.118. The molecule has 0 fully saturated rings. The molecular weight excluding hydrogens is 290 g/mol. The van der Waals surface area contributed by atoms with Gasteiger partial charge in [0.1, 0.15) is 11.8 Å². The zero-order chi connectivity index (χ0) is 16.0. The fourth-order valence-electron chi connectivity index (χ4n) is 2.91. The van der Waals surface area contributed by atoms with Gasteiger partial charge in [-0.2, -0.15) is 5.26 Å². The van der Waals surface area contributed by atoms with Gasteiger partial charge in [0.2, 0.25) is 0 Å². The molecule has 3 heterocycles. The number of benzene rings is 1. The molecule has 4 aromatic rings. The van der Waals surface area contributed by atoms with Crippen molar-refractivity contribution >= 4 is 21.9 Å². The van der Waals surface area contributed by atoms with Crippen LogP contribution in [0, 0.1) is 11.3 Å². The van der Waals surface area contributed by atoms with Gasteiger partial charge in [-0.15, -0.1) is 0 Å². The maximum atomic E-state index is 9.31. The highest BCUT2D eigenvalue weighted by molar-refractivity contribution is 6.09. The molecule has 0 aliphatic heterocycles. The Morgan fingerprint density at radius 3 is 2.61 bits per heavy atom. The summed E-state index contributed by atoms with van der Waals surface area (Å²) in [5.41, 5.74) is 4.02. The predicted molar refractivity (Wildman–Crippen MR) is 87.1 cm³/mol. The molecule has 0 amide bonds. The average Bonchev–Trinajstić information content (AvgIpc) is 3.15. The number of aryl methyl sites for hydroxylation is 1. The summed E-state index contributed by atoms with van der Waals surface area (Å²) in [6.07, 6.45) is 3.36. The lowest BCUT2D eigenvalue weighted by molar-refractivity contribution is 0.415. The average molecular weight is 303 g/mol. The van der Waals surface area contributed by atoms with Crippen molar-refractivity contribution in [2.45, 2.75) is 0 Å². The van der Waals surface area contributed by atoms with E-state index in [-0.39, 0.29) is 0 Å². The van der Waals surface area contributed by atoms with E-state index in [0.717, 1.165) is 33.3 Å². The third-order valence-corrected chi connectivity index (χ3v) is 4.00. The Balaban J connectivity index is 2.04. The number of hydrogen-bond donors (Lipinski definition) is 1. The smallest absolute Gasteiger partial charge is 0.162 e. The zero-order valence-electron chi connectivity index (χ0n) is 12.7. The van der Waals surface area contributed by atoms with Gasteiger partial charge in [-0.05, 0) is 24.3 Å². The molecule has 0 aliphatic carbocycles. The van der Waals surface area contributed by atoms with Gasteiger partial charge in [-0.25, -0.2) is 9.97 Å². The number of ether oxygens (including phenoxy) is 1. The first-order valence-corrected chi connectivity index (χ1v) is 7.09. The first-order chi connectivity index (χ1) is 11.2. The van der Waals surface area contributed by atoms with Crippen molar-refractivity contribution in [2.75, 3.05) is 7.11 Å². The number of aromatic amines is 1. The van der Waals surface area contributed by atoms with Crippen molar-refractivity contribution in [3.8, 4) is 23.1 Å². The van der Waals surface area contributed by atoms with Crippen LogP contribution in [0.1, 0.15) is 5.56 Å². The van der Waals surface area contributed by atoms with Crippen molar-refractivity contribution in [1.82, 2.24) is 19.7 Å². The second-order valence-corrected chi connectivity index (χ2v) is 5.28. The predicted octanol–water partition coefficient (Wildman–Crippen LogP) is 3.00. The molecule has 0 bridgehead atoms. The lowest BCUT2D eigenvalue weighted by Crippen LogP contribution is -1.91. The number of nitriles is 1. The first-order valence-electron chi connectivity index (χ1n) is 7.09. The lowest BCUT2D eigenvalue weighted by atomic mass is 10.1. The standard InChI is InChI=1S/C17H13N5O/c1-22-16-13(9-20-17-14(16)11(7-18)8-19-17)15(21-22)10-3-5-12(23-2)6-4-10/h3-6,8-9,21H,1-2H3. The van der Waals surface area contributed by atoms with E-state index in [4.69, 9.17) is 4.74 Å². The molecule has 112 valence electrons. The number of fused-ring (bicyclic) bond motifs is 3. The fourth-order valence-corrected chi connectivity index (χ4v) is 2.91. The monoisotopic (exact) mass is 303 g/mol. The van der Waals surface area contributed by atoms with E-state index in [1.54, 1.807) is 19.5 Å². The molecule has 3 aromatic heterocycles. The van der Waals surface area contributed by atoms with Crippen LogP contribution in [0.3, 0.4) is 0 Å². The largest absolute Gasteiger partial charge is 0.497 e. The van der Waals surface area contributed by atoms with E-state index in [9.17, 15) is 5.26 Å². The SMILES string of the molecule is COc1ccc(-c2[nH]n(C)c3c2cnc2ncc(C#N)c23)cc1. The molecule has 0 atom stereocenters. The quantitative estimate of drug-likeness (QED) is 0.617. The molecule has 0 radical (unpaired) electrons. The van der Waals surface area contributed by atoms with Crippen molar-refractivity contribution in [2.24, 2.45) is 7.05 Å². The maximum absolute atomic E-state index is 9.31. The van der Waals surface area contributed by atoms with Crippen molar-refractivity contribution in [1.29, 1.82) is 5.26 Å². The van der Waals surface area contributed by atoms with Crippen LogP contribution in [0.2, 0.25) is 0 Å². The summed E-state index contributed by atoms with van der Waals surface area (Å²) < 4.78 is 7.11. The minimum atomic E-state index is 0.536. The van der Waals surface area contributed by atoms with E-state index in [0.29, 0.717) is 11.2 Å². The summed E-state index contributed by atoms with van der Waals surface area (Å²) in [4.78, 5) is 8.60. The summed E-state index contributed by atoms with van der Waals surface area (Å²) in [7, 11) is 3.56. The van der Waals surface area contributed by atoms with Gasteiger partial charge in [0, 0.05) is 30.4 Å². The van der Waals surface area contributed by atoms with Gasteiger partial charge in [0.05, 0.1) is 29.3 Å². The number of nitrogens with zero attached hydrogens (tertiary/aromatic N) is 4. The maximum Gasteiger partial charge on any atom is 0.162 e. The van der Waals surface area contributed by atoms with Crippen LogP contribution in [-0.2, 0) is 7.05 Å². The second-order valence-electron chi connectivity index (χ2n) is 5.28. The molecule has 0 unspecified atom stereocenters. The minimum Gasteiger partial charge on any atom is -0.497 e. The Kier molecular flexibility index (Phi) is 2.81. The van der Waals surface area contributed by atoms with Crippen molar-refractivity contribution < 1.29 is 4.74 Å². The third-order valence-electron chi connectivity index (χ3n) is 4.00. The topological polar surface area (TPSA) is 79.5 Å². The van der Waals surface area contributed by atoms with Gasteiger partial charge < -0.3 is 4.74 Å². The van der Waals surface area contributed by atoms with Gasteiger partial charge in [0.25, 0.3) is 0 Å². The number of nitrogens with one attached hydrogen (secondary N) is 1. The van der Waals surface area contributed by atoms with Gasteiger partial charge in [0.15, 0.2) is 5.65 Å². The van der Waals surface area contributed by atoms with E-state index < -0.39 is 0 Å². The molecular formula is C17H13N5O. The highest BCUT2D eigenvalue weighted by Crippen LogP contribution is 2.33. The van der Waals surface area contributed by atoms with Crippen LogP contribution in [0.15, 0.2) is 36.7 Å². The first kappa shape index (κ1) is 13.3. The number of rotatable bonds is 2. The lowest BCUT2D eigenvalue weighted by Gasteiger charge is -2.02. The van der Waals surface area contributed by atoms with E-state index in [1.165, 1.54) is 0 Å². The van der Waals surface area contributed by atoms with Gasteiger partial charge >= 0.3 is 0 Å². The van der Waals surface area contributed by atoms with E-state index in [1.807, 2.05) is 36.0 Å².